The highest BCUT2D eigenvalue weighted by Gasteiger charge is 2.36. The molecule has 0 bridgehead atoms. The van der Waals surface area contributed by atoms with Gasteiger partial charge in [-0.1, -0.05) is 42.1 Å². The molecule has 1 aromatic heterocycles. The highest BCUT2D eigenvalue weighted by Crippen LogP contribution is 2.45. The molecule has 2 aliphatic carbocycles. The number of hydrogen-bond donors (Lipinski definition) is 1. The highest BCUT2D eigenvalue weighted by molar-refractivity contribution is 7.99. The second kappa shape index (κ2) is 6.97. The van der Waals surface area contributed by atoms with Crippen LogP contribution in [0.5, 0.6) is 0 Å². The van der Waals surface area contributed by atoms with Gasteiger partial charge in [0, 0.05) is 18.5 Å². The van der Waals surface area contributed by atoms with Crippen LogP contribution in [0.25, 0.3) is 0 Å². The number of rotatable bonds is 8. The second-order valence-electron chi connectivity index (χ2n) is 6.59. The average molecular weight is 342 g/mol. The van der Waals surface area contributed by atoms with Gasteiger partial charge in [0.05, 0.1) is 5.75 Å². The molecule has 2 aliphatic rings. The third kappa shape index (κ3) is 3.80. The van der Waals surface area contributed by atoms with Crippen LogP contribution < -0.4 is 5.32 Å². The summed E-state index contributed by atoms with van der Waals surface area (Å²) in [6.45, 7) is 0.673. The number of nitrogens with zero attached hydrogens (tertiary/aromatic N) is 3. The fourth-order valence-corrected chi connectivity index (χ4v) is 3.70. The number of carbonyl (C=O) groups is 1. The van der Waals surface area contributed by atoms with Crippen molar-refractivity contribution in [3.8, 4) is 0 Å². The molecule has 1 aromatic carbocycles. The van der Waals surface area contributed by atoms with Gasteiger partial charge in [-0.3, -0.25) is 4.79 Å². The van der Waals surface area contributed by atoms with E-state index < -0.39 is 0 Å². The standard InChI is InChI=1S/C18H22N4OS/c23-16(19-11-10-13-4-2-1-3-5-13)12-24-18-21-20-17(14-6-7-14)22(18)15-8-9-15/h1-5,14-15H,6-12H2,(H,19,23). The lowest BCUT2D eigenvalue weighted by Crippen LogP contribution is -2.27. The van der Waals surface area contributed by atoms with Crippen LogP contribution in [0.2, 0.25) is 0 Å². The van der Waals surface area contributed by atoms with Crippen LogP contribution in [-0.4, -0.2) is 33.0 Å². The van der Waals surface area contributed by atoms with Gasteiger partial charge in [0.25, 0.3) is 0 Å². The first-order chi connectivity index (χ1) is 11.8. The van der Waals surface area contributed by atoms with Crippen molar-refractivity contribution in [3.63, 3.8) is 0 Å². The Hall–Kier alpha value is -1.82. The van der Waals surface area contributed by atoms with E-state index in [9.17, 15) is 4.79 Å². The van der Waals surface area contributed by atoms with Crippen LogP contribution in [0.4, 0.5) is 0 Å². The van der Waals surface area contributed by atoms with Crippen LogP contribution in [-0.2, 0) is 11.2 Å². The van der Waals surface area contributed by atoms with E-state index in [0.717, 1.165) is 17.4 Å². The Balaban J connectivity index is 1.27. The molecule has 6 heteroatoms. The summed E-state index contributed by atoms with van der Waals surface area (Å²) in [6, 6.07) is 10.8. The lowest BCUT2D eigenvalue weighted by Gasteiger charge is -2.08. The number of benzene rings is 1. The summed E-state index contributed by atoms with van der Waals surface area (Å²) in [4.78, 5) is 12.1. The van der Waals surface area contributed by atoms with Crippen LogP contribution in [0.3, 0.4) is 0 Å². The van der Waals surface area contributed by atoms with Crippen molar-refractivity contribution in [3.05, 3.63) is 41.7 Å². The maximum Gasteiger partial charge on any atom is 0.230 e. The monoisotopic (exact) mass is 342 g/mol. The summed E-state index contributed by atoms with van der Waals surface area (Å²) in [5.74, 6) is 2.22. The molecule has 0 unspecified atom stereocenters. The summed E-state index contributed by atoms with van der Waals surface area (Å²) < 4.78 is 2.29. The number of nitrogens with one attached hydrogen (secondary N) is 1. The Morgan fingerprint density at radius 1 is 1.17 bits per heavy atom. The normalized spacial score (nSPS) is 17.0. The molecular formula is C18H22N4OS. The van der Waals surface area contributed by atoms with Crippen molar-refractivity contribution < 1.29 is 4.79 Å². The predicted molar refractivity (Wildman–Crippen MR) is 94.1 cm³/mol. The molecule has 1 amide bonds. The number of carbonyl (C=O) groups excluding carboxylic acids is 1. The smallest absolute Gasteiger partial charge is 0.230 e. The fourth-order valence-electron chi connectivity index (χ4n) is 2.85. The molecule has 0 aliphatic heterocycles. The number of aromatic nitrogens is 3. The van der Waals surface area contributed by atoms with Crippen molar-refractivity contribution >= 4 is 17.7 Å². The minimum absolute atomic E-state index is 0.0641. The maximum atomic E-state index is 12.1. The zero-order chi connectivity index (χ0) is 16.4. The van der Waals surface area contributed by atoms with Crippen molar-refractivity contribution in [1.29, 1.82) is 0 Å². The summed E-state index contributed by atoms with van der Waals surface area (Å²) in [6.07, 6.45) is 5.76. The number of amides is 1. The Labute approximate surface area is 146 Å². The first-order valence-electron chi connectivity index (χ1n) is 8.69. The predicted octanol–water partition coefficient (Wildman–Crippen LogP) is 2.94. The lowest BCUT2D eigenvalue weighted by atomic mass is 10.1. The SMILES string of the molecule is O=C(CSc1nnc(C2CC2)n1C1CC1)NCCc1ccccc1. The summed E-state index contributed by atoms with van der Waals surface area (Å²) in [7, 11) is 0. The Kier molecular flexibility index (Phi) is 4.56. The maximum absolute atomic E-state index is 12.1. The Morgan fingerprint density at radius 3 is 2.67 bits per heavy atom. The molecule has 0 radical (unpaired) electrons. The van der Waals surface area contributed by atoms with Gasteiger partial charge >= 0.3 is 0 Å². The zero-order valence-corrected chi connectivity index (χ0v) is 14.5. The highest BCUT2D eigenvalue weighted by atomic mass is 32.2. The Morgan fingerprint density at radius 2 is 1.96 bits per heavy atom. The second-order valence-corrected chi connectivity index (χ2v) is 7.53. The van der Waals surface area contributed by atoms with E-state index in [-0.39, 0.29) is 5.91 Å². The molecule has 2 aromatic rings. The molecule has 5 nitrogen and oxygen atoms in total. The summed E-state index contributed by atoms with van der Waals surface area (Å²) in [5.41, 5.74) is 1.24. The zero-order valence-electron chi connectivity index (χ0n) is 13.6. The molecule has 0 atom stereocenters. The van der Waals surface area contributed by atoms with E-state index in [2.05, 4.69) is 32.2 Å². The molecule has 1 N–H and O–H groups in total. The van der Waals surface area contributed by atoms with E-state index in [1.807, 2.05) is 18.2 Å². The Bertz CT molecular complexity index is 707. The van der Waals surface area contributed by atoms with Gasteiger partial charge in [-0.15, -0.1) is 10.2 Å². The van der Waals surface area contributed by atoms with Crippen molar-refractivity contribution in [2.75, 3.05) is 12.3 Å². The van der Waals surface area contributed by atoms with Crippen LogP contribution >= 0.6 is 11.8 Å². The minimum atomic E-state index is 0.0641. The first-order valence-corrected chi connectivity index (χ1v) is 9.68. The van der Waals surface area contributed by atoms with Crippen LogP contribution in [0, 0.1) is 0 Å². The van der Waals surface area contributed by atoms with Gasteiger partial charge in [0.2, 0.25) is 5.91 Å². The first kappa shape index (κ1) is 15.7. The van der Waals surface area contributed by atoms with Gasteiger partial charge in [0.15, 0.2) is 5.16 Å². The van der Waals surface area contributed by atoms with Crippen molar-refractivity contribution in [2.24, 2.45) is 0 Å². The molecule has 2 fully saturated rings. The third-order valence-electron chi connectivity index (χ3n) is 4.46. The van der Waals surface area contributed by atoms with Gasteiger partial charge in [-0.25, -0.2) is 0 Å². The molecule has 0 saturated heterocycles. The van der Waals surface area contributed by atoms with Gasteiger partial charge in [-0.05, 0) is 37.7 Å². The molecule has 24 heavy (non-hydrogen) atoms. The van der Waals surface area contributed by atoms with Gasteiger partial charge in [-0.2, -0.15) is 0 Å². The van der Waals surface area contributed by atoms with Crippen LogP contribution in [0.15, 0.2) is 35.5 Å². The average Bonchev–Trinajstić information content (AvgIpc) is 3.53. The van der Waals surface area contributed by atoms with Gasteiger partial charge in [0.1, 0.15) is 5.82 Å². The molecular weight excluding hydrogens is 320 g/mol. The van der Waals surface area contributed by atoms with Crippen molar-refractivity contribution in [2.45, 2.75) is 49.2 Å². The summed E-state index contributed by atoms with van der Waals surface area (Å²) >= 11 is 1.51. The minimum Gasteiger partial charge on any atom is -0.355 e. The molecule has 1 heterocycles. The van der Waals surface area contributed by atoms with E-state index in [0.29, 0.717) is 24.3 Å². The third-order valence-corrected chi connectivity index (χ3v) is 5.40. The fraction of sp³-hybridized carbons (Fsp3) is 0.500. The van der Waals surface area contributed by atoms with E-state index in [4.69, 9.17) is 0 Å². The van der Waals surface area contributed by atoms with E-state index in [1.165, 1.54) is 43.0 Å². The number of hydrogen-bond acceptors (Lipinski definition) is 4. The lowest BCUT2D eigenvalue weighted by molar-refractivity contribution is -0.118. The van der Waals surface area contributed by atoms with E-state index in [1.54, 1.807) is 0 Å². The van der Waals surface area contributed by atoms with Crippen LogP contribution in [0.1, 0.15) is 49.0 Å². The number of thioether (sulfide) groups is 1. The molecule has 2 saturated carbocycles. The molecule has 0 spiro atoms. The quantitative estimate of drug-likeness (QED) is 0.749. The molecule has 4 rings (SSSR count). The largest absolute Gasteiger partial charge is 0.355 e. The van der Waals surface area contributed by atoms with Crippen molar-refractivity contribution in [1.82, 2.24) is 20.1 Å². The van der Waals surface area contributed by atoms with Gasteiger partial charge < -0.3 is 9.88 Å². The summed E-state index contributed by atoms with van der Waals surface area (Å²) in [5, 5.41) is 12.6. The molecule has 126 valence electrons. The topological polar surface area (TPSA) is 59.8 Å². The van der Waals surface area contributed by atoms with E-state index >= 15 is 0 Å².